The van der Waals surface area contributed by atoms with Gasteiger partial charge in [0.05, 0.1) is 18.7 Å². The molecule has 2 aromatic heterocycles. The van der Waals surface area contributed by atoms with Crippen LogP contribution in [0.15, 0.2) is 33.7 Å². The molecule has 0 aliphatic carbocycles. The topological polar surface area (TPSA) is 108 Å². The van der Waals surface area contributed by atoms with Gasteiger partial charge < -0.3 is 19.6 Å². The van der Waals surface area contributed by atoms with Gasteiger partial charge in [0.15, 0.2) is 0 Å². The predicted molar refractivity (Wildman–Crippen MR) is 79.8 cm³/mol. The highest BCUT2D eigenvalue weighted by molar-refractivity contribution is 5.93. The second-order valence-electron chi connectivity index (χ2n) is 5.45. The third-order valence-electron chi connectivity index (χ3n) is 3.53. The van der Waals surface area contributed by atoms with Crippen LogP contribution < -0.4 is 10.9 Å². The number of likely N-dealkylation sites (tertiary alicyclic amines) is 1. The first kappa shape index (κ1) is 15.0. The van der Waals surface area contributed by atoms with Crippen molar-refractivity contribution >= 4 is 11.8 Å². The van der Waals surface area contributed by atoms with Gasteiger partial charge in [0.25, 0.3) is 11.5 Å². The Morgan fingerprint density at radius 1 is 1.48 bits per heavy atom. The molecule has 1 saturated heterocycles. The minimum absolute atomic E-state index is 0.0931. The maximum Gasteiger partial charge on any atom is 0.272 e. The first-order valence-corrected chi connectivity index (χ1v) is 7.20. The van der Waals surface area contributed by atoms with Crippen LogP contribution in [0.25, 0.3) is 0 Å². The molecule has 0 aromatic carbocycles. The van der Waals surface area contributed by atoms with Gasteiger partial charge >= 0.3 is 0 Å². The number of aryl methyl sites for hydroxylation is 1. The number of carbonyl (C=O) groups is 2. The number of furan rings is 1. The SMILES string of the molecule is Cc1nc(C(=O)N2CC(NC(=O)Cc3ccco3)C2)cc(=O)[nH]1. The number of rotatable bonds is 4. The molecule has 8 nitrogen and oxygen atoms in total. The molecule has 3 rings (SSSR count). The van der Waals surface area contributed by atoms with Crippen LogP contribution in [0.2, 0.25) is 0 Å². The minimum atomic E-state index is -0.357. The average Bonchev–Trinajstić information content (AvgIpc) is 2.93. The van der Waals surface area contributed by atoms with E-state index in [1.165, 1.54) is 12.3 Å². The number of amides is 2. The van der Waals surface area contributed by atoms with E-state index in [1.54, 1.807) is 24.0 Å². The fourth-order valence-electron chi connectivity index (χ4n) is 2.44. The number of nitrogens with zero attached hydrogens (tertiary/aromatic N) is 2. The lowest BCUT2D eigenvalue weighted by Gasteiger charge is -2.39. The summed E-state index contributed by atoms with van der Waals surface area (Å²) >= 11 is 0. The molecule has 0 spiro atoms. The third kappa shape index (κ3) is 3.47. The zero-order valence-corrected chi connectivity index (χ0v) is 12.5. The van der Waals surface area contributed by atoms with Crippen molar-refractivity contribution in [3.63, 3.8) is 0 Å². The molecule has 2 N–H and O–H groups in total. The summed E-state index contributed by atoms with van der Waals surface area (Å²) in [5, 5.41) is 2.83. The van der Waals surface area contributed by atoms with Crippen LogP contribution in [0.3, 0.4) is 0 Å². The van der Waals surface area contributed by atoms with E-state index in [0.29, 0.717) is 24.7 Å². The lowest BCUT2D eigenvalue weighted by molar-refractivity contribution is -0.122. The summed E-state index contributed by atoms with van der Waals surface area (Å²) in [6, 6.07) is 4.54. The monoisotopic (exact) mass is 316 g/mol. The van der Waals surface area contributed by atoms with Crippen molar-refractivity contribution < 1.29 is 14.0 Å². The van der Waals surface area contributed by atoms with E-state index in [2.05, 4.69) is 15.3 Å². The van der Waals surface area contributed by atoms with Crippen LogP contribution in [0.5, 0.6) is 0 Å². The Bertz CT molecular complexity index is 775. The second kappa shape index (κ2) is 6.07. The number of carbonyl (C=O) groups excluding carboxylic acids is 2. The standard InChI is InChI=1S/C15H16N4O4/c1-9-16-12(6-14(21)17-9)15(22)19-7-10(8-19)18-13(20)5-11-3-2-4-23-11/h2-4,6,10H,5,7-8H2,1H3,(H,18,20)(H,16,17,21). The highest BCUT2D eigenvalue weighted by Gasteiger charge is 2.33. The van der Waals surface area contributed by atoms with Crippen LogP contribution in [0, 0.1) is 6.92 Å². The van der Waals surface area contributed by atoms with E-state index in [0.717, 1.165) is 0 Å². The van der Waals surface area contributed by atoms with Crippen LogP contribution in [-0.2, 0) is 11.2 Å². The van der Waals surface area contributed by atoms with Crippen molar-refractivity contribution in [2.45, 2.75) is 19.4 Å². The molecule has 8 heteroatoms. The highest BCUT2D eigenvalue weighted by atomic mass is 16.3. The smallest absolute Gasteiger partial charge is 0.272 e. The molecule has 2 aromatic rings. The van der Waals surface area contributed by atoms with Crippen molar-refractivity contribution in [1.29, 1.82) is 0 Å². The number of aromatic nitrogens is 2. The van der Waals surface area contributed by atoms with Crippen LogP contribution in [-0.4, -0.2) is 45.8 Å². The maximum atomic E-state index is 12.2. The molecule has 1 aliphatic rings. The normalized spacial score (nSPS) is 14.4. The van der Waals surface area contributed by atoms with Crippen molar-refractivity contribution in [1.82, 2.24) is 20.2 Å². The molecule has 0 unspecified atom stereocenters. The maximum absolute atomic E-state index is 12.2. The Morgan fingerprint density at radius 2 is 2.26 bits per heavy atom. The van der Waals surface area contributed by atoms with Crippen LogP contribution >= 0.6 is 0 Å². The Labute approximate surface area is 131 Å². The summed E-state index contributed by atoms with van der Waals surface area (Å²) in [5.74, 6) is 0.528. The van der Waals surface area contributed by atoms with E-state index in [4.69, 9.17) is 4.42 Å². The fourth-order valence-corrected chi connectivity index (χ4v) is 2.44. The van der Waals surface area contributed by atoms with Gasteiger partial charge in [-0.3, -0.25) is 14.4 Å². The summed E-state index contributed by atoms with van der Waals surface area (Å²) in [5.41, 5.74) is -0.240. The Kier molecular flexibility index (Phi) is 3.96. The van der Waals surface area contributed by atoms with Crippen LogP contribution in [0.1, 0.15) is 22.1 Å². The minimum Gasteiger partial charge on any atom is -0.469 e. The zero-order valence-electron chi connectivity index (χ0n) is 12.5. The molecule has 3 heterocycles. The largest absolute Gasteiger partial charge is 0.469 e. The summed E-state index contributed by atoms with van der Waals surface area (Å²) in [4.78, 5) is 43.5. The average molecular weight is 316 g/mol. The summed E-state index contributed by atoms with van der Waals surface area (Å²) in [7, 11) is 0. The zero-order chi connectivity index (χ0) is 16.4. The number of H-pyrrole nitrogens is 1. The number of hydrogen-bond acceptors (Lipinski definition) is 5. The summed E-state index contributed by atoms with van der Waals surface area (Å²) in [6.45, 7) is 2.42. The Hall–Kier alpha value is -2.90. The highest BCUT2D eigenvalue weighted by Crippen LogP contribution is 2.12. The molecule has 23 heavy (non-hydrogen) atoms. The molecule has 0 saturated carbocycles. The van der Waals surface area contributed by atoms with Crippen molar-refractivity contribution in [3.05, 3.63) is 52.1 Å². The van der Waals surface area contributed by atoms with Crippen molar-refractivity contribution in [2.24, 2.45) is 0 Å². The van der Waals surface area contributed by atoms with Gasteiger partial charge in [0.1, 0.15) is 17.3 Å². The lowest BCUT2D eigenvalue weighted by Crippen LogP contribution is -2.61. The van der Waals surface area contributed by atoms with Crippen molar-refractivity contribution in [2.75, 3.05) is 13.1 Å². The second-order valence-corrected chi connectivity index (χ2v) is 5.45. The predicted octanol–water partition coefficient (Wildman–Crippen LogP) is -0.145. The molecular formula is C15H16N4O4. The van der Waals surface area contributed by atoms with Gasteiger partial charge in [-0.1, -0.05) is 0 Å². The van der Waals surface area contributed by atoms with Gasteiger partial charge in [-0.15, -0.1) is 0 Å². The third-order valence-corrected chi connectivity index (χ3v) is 3.53. The molecular weight excluding hydrogens is 300 g/mol. The first-order valence-electron chi connectivity index (χ1n) is 7.20. The first-order chi connectivity index (χ1) is 11.0. The van der Waals surface area contributed by atoms with Gasteiger partial charge in [-0.2, -0.15) is 0 Å². The fraction of sp³-hybridized carbons (Fsp3) is 0.333. The molecule has 1 fully saturated rings. The molecule has 0 radical (unpaired) electrons. The van der Waals surface area contributed by atoms with E-state index < -0.39 is 0 Å². The molecule has 0 bridgehead atoms. The van der Waals surface area contributed by atoms with Gasteiger partial charge in [-0.25, -0.2) is 4.98 Å². The van der Waals surface area contributed by atoms with Crippen molar-refractivity contribution in [3.8, 4) is 0 Å². The van der Waals surface area contributed by atoms with Gasteiger partial charge in [0, 0.05) is 19.2 Å². The molecule has 2 amide bonds. The van der Waals surface area contributed by atoms with Gasteiger partial charge in [-0.05, 0) is 19.1 Å². The Balaban J connectivity index is 1.51. The van der Waals surface area contributed by atoms with E-state index in [-0.39, 0.29) is 35.5 Å². The van der Waals surface area contributed by atoms with E-state index in [9.17, 15) is 14.4 Å². The molecule has 1 aliphatic heterocycles. The molecule has 120 valence electrons. The van der Waals surface area contributed by atoms with Gasteiger partial charge in [0.2, 0.25) is 5.91 Å². The summed E-state index contributed by atoms with van der Waals surface area (Å²) < 4.78 is 5.11. The van der Waals surface area contributed by atoms with E-state index >= 15 is 0 Å². The number of aromatic amines is 1. The molecule has 0 atom stereocenters. The lowest BCUT2D eigenvalue weighted by atomic mass is 10.1. The van der Waals surface area contributed by atoms with E-state index in [1.807, 2.05) is 0 Å². The summed E-state index contributed by atoms with van der Waals surface area (Å²) in [6.07, 6.45) is 1.69. The quantitative estimate of drug-likeness (QED) is 0.816. The Morgan fingerprint density at radius 3 is 2.91 bits per heavy atom. The number of hydrogen-bond donors (Lipinski definition) is 2. The number of nitrogens with one attached hydrogen (secondary N) is 2. The van der Waals surface area contributed by atoms with Crippen LogP contribution in [0.4, 0.5) is 0 Å².